The van der Waals surface area contributed by atoms with Crippen molar-refractivity contribution in [3.05, 3.63) is 23.8 Å². The molecule has 0 unspecified atom stereocenters. The monoisotopic (exact) mass is 319 g/mol. The molecule has 0 aromatic carbocycles. The first-order chi connectivity index (χ1) is 10.8. The Labute approximate surface area is 133 Å². The van der Waals surface area contributed by atoms with E-state index in [4.69, 9.17) is 0 Å². The zero-order valence-corrected chi connectivity index (χ0v) is 13.5. The number of piperidine rings is 1. The van der Waals surface area contributed by atoms with Crippen molar-refractivity contribution in [2.75, 3.05) is 13.1 Å². The molecule has 8 heteroatoms. The van der Waals surface area contributed by atoms with Crippen molar-refractivity contribution in [3.63, 3.8) is 0 Å². The van der Waals surface area contributed by atoms with Crippen molar-refractivity contribution in [2.45, 2.75) is 44.8 Å². The molecule has 1 amide bonds. The van der Waals surface area contributed by atoms with Crippen LogP contribution in [0.2, 0.25) is 0 Å². The number of carbonyl (C=O) groups is 1. The SMILES string of the molecule is CC(C)c1cc(C(=O)N2CC[C@](C)(O)[C@H](O)C2)nc2ncnn12. The van der Waals surface area contributed by atoms with Gasteiger partial charge in [0.15, 0.2) is 0 Å². The highest BCUT2D eigenvalue weighted by atomic mass is 16.3. The third-order valence-electron chi connectivity index (χ3n) is 4.38. The first kappa shape index (κ1) is 15.8. The molecule has 0 radical (unpaired) electrons. The first-order valence-corrected chi connectivity index (χ1v) is 7.70. The van der Waals surface area contributed by atoms with E-state index in [1.165, 1.54) is 11.2 Å². The number of aliphatic hydroxyl groups is 2. The number of likely N-dealkylation sites (tertiary alicyclic amines) is 1. The van der Waals surface area contributed by atoms with Crippen molar-refractivity contribution < 1.29 is 15.0 Å². The molecule has 1 aliphatic heterocycles. The summed E-state index contributed by atoms with van der Waals surface area (Å²) < 4.78 is 1.62. The molecule has 124 valence electrons. The second-order valence-corrected chi connectivity index (χ2v) is 6.57. The minimum absolute atomic E-state index is 0.0857. The van der Waals surface area contributed by atoms with Crippen molar-refractivity contribution in [1.29, 1.82) is 0 Å². The molecule has 0 bridgehead atoms. The van der Waals surface area contributed by atoms with Crippen LogP contribution < -0.4 is 0 Å². The Bertz CT molecular complexity index is 740. The largest absolute Gasteiger partial charge is 0.388 e. The molecule has 2 atom stereocenters. The molecule has 0 spiro atoms. The number of hydrogen-bond acceptors (Lipinski definition) is 6. The lowest BCUT2D eigenvalue weighted by atomic mass is 9.90. The van der Waals surface area contributed by atoms with Crippen LogP contribution in [-0.2, 0) is 0 Å². The predicted molar refractivity (Wildman–Crippen MR) is 82.0 cm³/mol. The van der Waals surface area contributed by atoms with Gasteiger partial charge in [0.25, 0.3) is 11.7 Å². The highest BCUT2D eigenvalue weighted by Crippen LogP contribution is 2.24. The Hall–Kier alpha value is -2.06. The maximum atomic E-state index is 12.7. The number of carbonyl (C=O) groups excluding carboxylic acids is 1. The molecule has 2 aromatic heterocycles. The average Bonchev–Trinajstić information content (AvgIpc) is 2.96. The van der Waals surface area contributed by atoms with Crippen LogP contribution in [0.15, 0.2) is 12.4 Å². The van der Waals surface area contributed by atoms with Gasteiger partial charge < -0.3 is 15.1 Å². The molecule has 1 aliphatic rings. The molecule has 1 saturated heterocycles. The summed E-state index contributed by atoms with van der Waals surface area (Å²) >= 11 is 0. The van der Waals surface area contributed by atoms with Gasteiger partial charge >= 0.3 is 0 Å². The van der Waals surface area contributed by atoms with Crippen molar-refractivity contribution in [2.24, 2.45) is 0 Å². The summed E-state index contributed by atoms with van der Waals surface area (Å²) in [6, 6.07) is 1.72. The number of nitrogens with zero attached hydrogens (tertiary/aromatic N) is 5. The smallest absolute Gasteiger partial charge is 0.272 e. The fourth-order valence-corrected chi connectivity index (χ4v) is 2.73. The zero-order valence-electron chi connectivity index (χ0n) is 13.5. The highest BCUT2D eigenvalue weighted by Gasteiger charge is 2.38. The molecule has 1 fully saturated rings. The third kappa shape index (κ3) is 2.79. The average molecular weight is 319 g/mol. The molecule has 2 aromatic rings. The van der Waals surface area contributed by atoms with Gasteiger partial charge in [0.2, 0.25) is 0 Å². The van der Waals surface area contributed by atoms with Gasteiger partial charge in [-0.05, 0) is 25.3 Å². The van der Waals surface area contributed by atoms with E-state index in [1.807, 2.05) is 13.8 Å². The molecule has 23 heavy (non-hydrogen) atoms. The fraction of sp³-hybridized carbons (Fsp3) is 0.600. The van der Waals surface area contributed by atoms with Gasteiger partial charge in [0.1, 0.15) is 12.0 Å². The maximum Gasteiger partial charge on any atom is 0.272 e. The van der Waals surface area contributed by atoms with Crippen LogP contribution in [0.25, 0.3) is 5.78 Å². The fourth-order valence-electron chi connectivity index (χ4n) is 2.73. The quantitative estimate of drug-likeness (QED) is 0.820. The van der Waals surface area contributed by atoms with E-state index in [0.29, 0.717) is 18.7 Å². The normalized spacial score (nSPS) is 25.3. The Kier molecular flexibility index (Phi) is 3.81. The Balaban J connectivity index is 1.92. The third-order valence-corrected chi connectivity index (χ3v) is 4.38. The van der Waals surface area contributed by atoms with Gasteiger partial charge in [-0.2, -0.15) is 10.1 Å². The van der Waals surface area contributed by atoms with E-state index in [2.05, 4.69) is 15.1 Å². The number of β-amino-alcohol motifs (C(OH)–C–C–N with tert-alkyl or cyclic N) is 1. The lowest BCUT2D eigenvalue weighted by Crippen LogP contribution is -2.55. The van der Waals surface area contributed by atoms with Gasteiger partial charge in [-0.3, -0.25) is 4.79 Å². The Morgan fingerprint density at radius 1 is 1.48 bits per heavy atom. The lowest BCUT2D eigenvalue weighted by Gasteiger charge is -2.39. The molecule has 2 N–H and O–H groups in total. The van der Waals surface area contributed by atoms with Gasteiger partial charge in [-0.1, -0.05) is 13.8 Å². The van der Waals surface area contributed by atoms with E-state index in [0.717, 1.165) is 5.69 Å². The van der Waals surface area contributed by atoms with E-state index < -0.39 is 11.7 Å². The maximum absolute atomic E-state index is 12.7. The van der Waals surface area contributed by atoms with Crippen LogP contribution in [0.1, 0.15) is 49.3 Å². The summed E-state index contributed by atoms with van der Waals surface area (Å²) in [5.41, 5.74) is -0.0343. The molecule has 3 rings (SSSR count). The van der Waals surface area contributed by atoms with Crippen molar-refractivity contribution in [1.82, 2.24) is 24.5 Å². The van der Waals surface area contributed by atoms with Crippen LogP contribution in [0, 0.1) is 0 Å². The second-order valence-electron chi connectivity index (χ2n) is 6.57. The Morgan fingerprint density at radius 2 is 2.22 bits per heavy atom. The topological polar surface area (TPSA) is 104 Å². The summed E-state index contributed by atoms with van der Waals surface area (Å²) in [5, 5.41) is 24.1. The lowest BCUT2D eigenvalue weighted by molar-refractivity contribution is -0.0999. The molecular formula is C15H21N5O3. The summed E-state index contributed by atoms with van der Waals surface area (Å²) in [6.45, 7) is 6.05. The van der Waals surface area contributed by atoms with Crippen molar-refractivity contribution in [3.8, 4) is 0 Å². The van der Waals surface area contributed by atoms with E-state index in [1.54, 1.807) is 17.5 Å². The van der Waals surface area contributed by atoms with Gasteiger partial charge in [0.05, 0.1) is 17.4 Å². The van der Waals surface area contributed by atoms with Crippen LogP contribution >= 0.6 is 0 Å². The minimum Gasteiger partial charge on any atom is -0.388 e. The standard InChI is InChI=1S/C15H21N5O3/c1-9(2)11-6-10(18-14-16-8-17-20(11)14)13(22)19-5-4-15(3,23)12(21)7-19/h6,8-9,12,21,23H,4-5,7H2,1-3H3/t12-,15+/m1/s1. The van der Waals surface area contributed by atoms with Crippen LogP contribution in [0.5, 0.6) is 0 Å². The van der Waals surface area contributed by atoms with Crippen LogP contribution in [-0.4, -0.2) is 65.4 Å². The summed E-state index contributed by atoms with van der Waals surface area (Å²) in [7, 11) is 0. The molecular weight excluding hydrogens is 298 g/mol. The minimum atomic E-state index is -1.16. The molecule has 3 heterocycles. The number of hydrogen-bond donors (Lipinski definition) is 2. The van der Waals surface area contributed by atoms with Crippen LogP contribution in [0.3, 0.4) is 0 Å². The first-order valence-electron chi connectivity index (χ1n) is 7.70. The number of aliphatic hydroxyl groups excluding tert-OH is 1. The molecule has 0 saturated carbocycles. The van der Waals surface area contributed by atoms with Gasteiger partial charge in [-0.15, -0.1) is 0 Å². The molecule has 0 aliphatic carbocycles. The highest BCUT2D eigenvalue weighted by molar-refractivity contribution is 5.93. The van der Waals surface area contributed by atoms with Crippen molar-refractivity contribution >= 4 is 11.7 Å². The summed E-state index contributed by atoms with van der Waals surface area (Å²) in [6.07, 6.45) is 0.760. The summed E-state index contributed by atoms with van der Waals surface area (Å²) in [4.78, 5) is 22.6. The van der Waals surface area contributed by atoms with E-state index >= 15 is 0 Å². The van der Waals surface area contributed by atoms with E-state index in [9.17, 15) is 15.0 Å². The van der Waals surface area contributed by atoms with Gasteiger partial charge in [-0.25, -0.2) is 9.50 Å². The molecule has 8 nitrogen and oxygen atoms in total. The Morgan fingerprint density at radius 3 is 2.87 bits per heavy atom. The zero-order chi connectivity index (χ0) is 16.8. The predicted octanol–water partition coefficient (Wildman–Crippen LogP) is 0.206. The van der Waals surface area contributed by atoms with E-state index in [-0.39, 0.29) is 24.1 Å². The number of fused-ring (bicyclic) bond motifs is 1. The number of amides is 1. The number of rotatable bonds is 2. The van der Waals surface area contributed by atoms with Crippen LogP contribution in [0.4, 0.5) is 0 Å². The number of aromatic nitrogens is 4. The van der Waals surface area contributed by atoms with Gasteiger partial charge in [0, 0.05) is 13.1 Å². The second kappa shape index (κ2) is 5.54. The summed E-state index contributed by atoms with van der Waals surface area (Å²) in [5.74, 6) is 0.262.